The molecule has 2 aromatic rings. The molecule has 1 N–H and O–H groups in total. The van der Waals surface area contributed by atoms with E-state index >= 15 is 0 Å². The molecule has 0 saturated carbocycles. The summed E-state index contributed by atoms with van der Waals surface area (Å²) in [6, 6.07) is 3.49. The third-order valence-corrected chi connectivity index (χ3v) is 2.54. The first kappa shape index (κ1) is 11.6. The van der Waals surface area contributed by atoms with Crippen LogP contribution in [0.4, 0.5) is 0 Å². The van der Waals surface area contributed by atoms with Crippen molar-refractivity contribution in [1.82, 2.24) is 9.55 Å². The summed E-state index contributed by atoms with van der Waals surface area (Å²) in [5.74, 6) is -0.421. The highest BCUT2D eigenvalue weighted by molar-refractivity contribution is 5.93. The average molecular weight is 234 g/mol. The number of rotatable bonds is 2. The van der Waals surface area contributed by atoms with Gasteiger partial charge in [-0.2, -0.15) is 0 Å². The summed E-state index contributed by atoms with van der Waals surface area (Å²) >= 11 is 0. The minimum absolute atomic E-state index is 0.397. The maximum Gasteiger partial charge on any atom is 0.339 e. The van der Waals surface area contributed by atoms with Crippen molar-refractivity contribution in [3.8, 4) is 0 Å². The van der Waals surface area contributed by atoms with Gasteiger partial charge in [-0.25, -0.2) is 9.78 Å². The van der Waals surface area contributed by atoms with Crippen molar-refractivity contribution in [1.29, 1.82) is 0 Å². The van der Waals surface area contributed by atoms with E-state index in [1.165, 1.54) is 13.3 Å². The van der Waals surface area contributed by atoms with Gasteiger partial charge in [-0.05, 0) is 26.0 Å². The van der Waals surface area contributed by atoms with Crippen LogP contribution in [0.2, 0.25) is 0 Å². The second kappa shape index (κ2) is 3.85. The fourth-order valence-electron chi connectivity index (χ4n) is 1.69. The largest absolute Gasteiger partial charge is 0.465 e. The Morgan fingerprint density at radius 1 is 1.53 bits per heavy atom. The van der Waals surface area contributed by atoms with Gasteiger partial charge >= 0.3 is 5.97 Å². The second-order valence-electron chi connectivity index (χ2n) is 4.31. The van der Waals surface area contributed by atoms with Crippen LogP contribution in [0, 0.1) is 0 Å². The zero-order valence-electron chi connectivity index (χ0n) is 9.97. The van der Waals surface area contributed by atoms with E-state index in [-0.39, 0.29) is 0 Å². The van der Waals surface area contributed by atoms with Gasteiger partial charge in [0.05, 0.1) is 12.7 Å². The maximum absolute atomic E-state index is 11.3. The van der Waals surface area contributed by atoms with Crippen molar-refractivity contribution in [2.24, 2.45) is 0 Å². The van der Waals surface area contributed by atoms with E-state index in [9.17, 15) is 9.90 Å². The number of fused-ring (bicyclic) bond motifs is 1. The number of esters is 1. The number of aromatic nitrogens is 2. The Morgan fingerprint density at radius 3 is 2.82 bits per heavy atom. The number of pyridine rings is 1. The molecule has 0 radical (unpaired) electrons. The number of carbonyl (C=O) groups is 1. The number of hydrogen-bond donors (Lipinski definition) is 1. The molecule has 2 rings (SSSR count). The molecule has 90 valence electrons. The van der Waals surface area contributed by atoms with Crippen molar-refractivity contribution in [2.45, 2.75) is 19.6 Å². The van der Waals surface area contributed by atoms with E-state index in [4.69, 9.17) is 0 Å². The Kier molecular flexibility index (Phi) is 2.63. The molecule has 0 aromatic carbocycles. The lowest BCUT2D eigenvalue weighted by Crippen LogP contribution is -2.24. The Hall–Kier alpha value is -1.88. The van der Waals surface area contributed by atoms with E-state index in [2.05, 4.69) is 9.72 Å². The summed E-state index contributed by atoms with van der Waals surface area (Å²) in [6.45, 7) is 3.34. The number of aliphatic hydroxyl groups is 1. The molecule has 0 unspecified atom stereocenters. The van der Waals surface area contributed by atoms with Crippen LogP contribution in [0.3, 0.4) is 0 Å². The number of methoxy groups -OCH3 is 1. The highest BCUT2D eigenvalue weighted by Gasteiger charge is 2.18. The molecule has 2 heterocycles. The van der Waals surface area contributed by atoms with Crippen molar-refractivity contribution >= 4 is 17.0 Å². The molecule has 0 spiro atoms. The Bertz CT molecular complexity index is 567. The molecule has 0 aliphatic carbocycles. The fourth-order valence-corrected chi connectivity index (χ4v) is 1.69. The van der Waals surface area contributed by atoms with Crippen molar-refractivity contribution in [3.05, 3.63) is 30.1 Å². The molecule has 5 heteroatoms. The lowest BCUT2D eigenvalue weighted by molar-refractivity contribution is 0.00574. The molecule has 0 aliphatic heterocycles. The third kappa shape index (κ3) is 2.01. The number of nitrogens with zero attached hydrogens (tertiary/aromatic N) is 2. The zero-order chi connectivity index (χ0) is 12.6. The average Bonchev–Trinajstić information content (AvgIpc) is 2.70. The van der Waals surface area contributed by atoms with E-state index < -0.39 is 11.7 Å². The molecule has 0 saturated heterocycles. The van der Waals surface area contributed by atoms with E-state index in [0.29, 0.717) is 11.2 Å². The summed E-state index contributed by atoms with van der Waals surface area (Å²) in [7, 11) is 1.33. The fraction of sp³-hybridized carbons (Fsp3) is 0.333. The van der Waals surface area contributed by atoms with Gasteiger partial charge in [0, 0.05) is 17.8 Å². The number of ether oxygens (including phenoxy) is 1. The molecule has 5 nitrogen and oxygen atoms in total. The molecule has 0 amide bonds. The summed E-state index contributed by atoms with van der Waals surface area (Å²) in [6.07, 6.45) is 3.18. The van der Waals surface area contributed by atoms with Gasteiger partial charge < -0.3 is 14.4 Å². The highest BCUT2D eigenvalue weighted by Crippen LogP contribution is 2.21. The lowest BCUT2D eigenvalue weighted by atomic mass is 10.2. The standard InChI is InChI=1S/C12H14N2O3/c1-12(2,16)14-5-4-8-6-9(11(15)17-3)7-13-10(8)14/h4-7,16H,1-3H3. The quantitative estimate of drug-likeness (QED) is 0.800. The van der Waals surface area contributed by atoms with Gasteiger partial charge in [0.15, 0.2) is 0 Å². The third-order valence-electron chi connectivity index (χ3n) is 2.54. The summed E-state index contributed by atoms with van der Waals surface area (Å²) in [5.41, 5.74) is 0.000269. The molecular weight excluding hydrogens is 220 g/mol. The molecular formula is C12H14N2O3. The van der Waals surface area contributed by atoms with E-state index in [0.717, 1.165) is 5.39 Å². The van der Waals surface area contributed by atoms with Crippen LogP contribution >= 0.6 is 0 Å². The highest BCUT2D eigenvalue weighted by atomic mass is 16.5. The van der Waals surface area contributed by atoms with E-state index in [1.54, 1.807) is 36.7 Å². The van der Waals surface area contributed by atoms with Crippen LogP contribution in [0.25, 0.3) is 11.0 Å². The summed E-state index contributed by atoms with van der Waals surface area (Å²) in [5, 5.41) is 10.7. The van der Waals surface area contributed by atoms with Crippen molar-refractivity contribution in [3.63, 3.8) is 0 Å². The Balaban J connectivity index is 2.56. The maximum atomic E-state index is 11.3. The first-order chi connectivity index (χ1) is 7.93. The second-order valence-corrected chi connectivity index (χ2v) is 4.31. The molecule has 0 fully saturated rings. The summed E-state index contributed by atoms with van der Waals surface area (Å²) in [4.78, 5) is 15.5. The van der Waals surface area contributed by atoms with Crippen LogP contribution in [0.1, 0.15) is 24.2 Å². The molecule has 0 atom stereocenters. The van der Waals surface area contributed by atoms with Gasteiger partial charge in [0.1, 0.15) is 11.4 Å². The first-order valence-corrected chi connectivity index (χ1v) is 5.22. The molecule has 0 bridgehead atoms. The van der Waals surface area contributed by atoms with Crippen LogP contribution < -0.4 is 0 Å². The van der Waals surface area contributed by atoms with Crippen LogP contribution in [-0.2, 0) is 10.5 Å². The van der Waals surface area contributed by atoms with Crippen LogP contribution in [-0.4, -0.2) is 27.7 Å². The van der Waals surface area contributed by atoms with E-state index in [1.807, 2.05) is 0 Å². The monoisotopic (exact) mass is 234 g/mol. The lowest BCUT2D eigenvalue weighted by Gasteiger charge is -2.20. The smallest absolute Gasteiger partial charge is 0.339 e. The van der Waals surface area contributed by atoms with Gasteiger partial charge in [0.25, 0.3) is 0 Å². The van der Waals surface area contributed by atoms with Gasteiger partial charge in [-0.1, -0.05) is 0 Å². The minimum atomic E-state index is -1.03. The number of hydrogen-bond acceptors (Lipinski definition) is 4. The molecule has 17 heavy (non-hydrogen) atoms. The minimum Gasteiger partial charge on any atom is -0.465 e. The van der Waals surface area contributed by atoms with Crippen molar-refractivity contribution < 1.29 is 14.6 Å². The van der Waals surface area contributed by atoms with Gasteiger partial charge in [-0.15, -0.1) is 0 Å². The zero-order valence-corrected chi connectivity index (χ0v) is 9.97. The van der Waals surface area contributed by atoms with Crippen LogP contribution in [0.5, 0.6) is 0 Å². The Morgan fingerprint density at radius 2 is 2.24 bits per heavy atom. The summed E-state index contributed by atoms with van der Waals surface area (Å²) < 4.78 is 6.27. The van der Waals surface area contributed by atoms with Crippen molar-refractivity contribution in [2.75, 3.05) is 7.11 Å². The molecule has 0 aliphatic rings. The number of carbonyl (C=O) groups excluding carboxylic acids is 1. The first-order valence-electron chi connectivity index (χ1n) is 5.22. The predicted octanol–water partition coefficient (Wildman–Crippen LogP) is 1.51. The normalized spacial score (nSPS) is 11.8. The van der Waals surface area contributed by atoms with Gasteiger partial charge in [0.2, 0.25) is 0 Å². The Labute approximate surface area is 98.6 Å². The SMILES string of the molecule is COC(=O)c1cnc2c(ccn2C(C)(C)O)c1. The van der Waals surface area contributed by atoms with Crippen LogP contribution in [0.15, 0.2) is 24.5 Å². The molecule has 2 aromatic heterocycles. The predicted molar refractivity (Wildman–Crippen MR) is 62.6 cm³/mol. The van der Waals surface area contributed by atoms with Gasteiger partial charge in [-0.3, -0.25) is 0 Å². The topological polar surface area (TPSA) is 64.3 Å².